The van der Waals surface area contributed by atoms with Crippen molar-refractivity contribution in [2.75, 3.05) is 5.75 Å². The van der Waals surface area contributed by atoms with Crippen LogP contribution in [0.25, 0.3) is 10.2 Å². The van der Waals surface area contributed by atoms with Gasteiger partial charge in [0, 0.05) is 11.1 Å². The zero-order valence-corrected chi connectivity index (χ0v) is 19.0. The molecule has 1 aromatic heterocycles. The molecule has 5 nitrogen and oxygen atoms in total. The van der Waals surface area contributed by atoms with Crippen LogP contribution in [0.2, 0.25) is 5.02 Å². The first kappa shape index (κ1) is 22.3. The lowest BCUT2D eigenvalue weighted by atomic mass is 10.2. The van der Waals surface area contributed by atoms with Crippen molar-refractivity contribution in [1.82, 2.24) is 10.4 Å². The number of thiazole rings is 1. The van der Waals surface area contributed by atoms with Gasteiger partial charge >= 0.3 is 0 Å². The van der Waals surface area contributed by atoms with Crippen LogP contribution in [0.3, 0.4) is 0 Å². The molecule has 1 amide bonds. The highest BCUT2D eigenvalue weighted by molar-refractivity contribution is 8.01. The van der Waals surface area contributed by atoms with Gasteiger partial charge in [0.25, 0.3) is 5.91 Å². The SMILES string of the molecule is O=C(CSc1nc2ccccc2s1)N/N=C/c1ccccc1OCc1c(F)cccc1Cl. The smallest absolute Gasteiger partial charge is 0.250 e. The molecule has 0 unspecified atom stereocenters. The molecule has 0 aliphatic rings. The van der Waals surface area contributed by atoms with Gasteiger partial charge in [0.05, 0.1) is 27.2 Å². The Hall–Kier alpha value is -2.94. The molecule has 0 bridgehead atoms. The Balaban J connectivity index is 1.32. The number of aromatic nitrogens is 1. The number of hydrazone groups is 1. The molecule has 3 aromatic carbocycles. The summed E-state index contributed by atoms with van der Waals surface area (Å²) in [5.74, 6) is 0.0124. The van der Waals surface area contributed by atoms with Gasteiger partial charge in [0.1, 0.15) is 18.2 Å². The van der Waals surface area contributed by atoms with Crippen LogP contribution in [0.1, 0.15) is 11.1 Å². The van der Waals surface area contributed by atoms with Crippen LogP contribution in [0.5, 0.6) is 5.75 Å². The normalized spacial score (nSPS) is 11.2. The summed E-state index contributed by atoms with van der Waals surface area (Å²) in [6.45, 7) is -0.0263. The topological polar surface area (TPSA) is 63.6 Å². The van der Waals surface area contributed by atoms with Crippen molar-refractivity contribution in [3.63, 3.8) is 0 Å². The summed E-state index contributed by atoms with van der Waals surface area (Å²) < 4.78 is 21.6. The molecule has 4 rings (SSSR count). The van der Waals surface area contributed by atoms with Crippen LogP contribution >= 0.6 is 34.7 Å². The van der Waals surface area contributed by atoms with Crippen molar-refractivity contribution < 1.29 is 13.9 Å². The summed E-state index contributed by atoms with van der Waals surface area (Å²) in [7, 11) is 0. The predicted octanol–water partition coefficient (Wildman–Crippen LogP) is 5.91. The van der Waals surface area contributed by atoms with Crippen molar-refractivity contribution in [2.24, 2.45) is 5.10 Å². The molecule has 9 heteroatoms. The molecule has 1 heterocycles. The molecular weight excluding hydrogens is 469 g/mol. The maximum atomic E-state index is 14.0. The Morgan fingerprint density at radius 2 is 1.97 bits per heavy atom. The van der Waals surface area contributed by atoms with Gasteiger partial charge in [-0.1, -0.05) is 53.7 Å². The molecular formula is C23H17ClFN3O2S2. The van der Waals surface area contributed by atoms with Crippen LogP contribution in [0, 0.1) is 5.82 Å². The largest absolute Gasteiger partial charge is 0.488 e. The number of amides is 1. The molecule has 162 valence electrons. The van der Waals surface area contributed by atoms with Crippen molar-refractivity contribution in [3.8, 4) is 5.75 Å². The maximum absolute atomic E-state index is 14.0. The van der Waals surface area contributed by atoms with Crippen LogP contribution in [-0.4, -0.2) is 22.9 Å². The third-order valence-electron chi connectivity index (χ3n) is 4.35. The fraction of sp³-hybridized carbons (Fsp3) is 0.0870. The highest BCUT2D eigenvalue weighted by Gasteiger charge is 2.10. The van der Waals surface area contributed by atoms with Crippen LogP contribution in [0.4, 0.5) is 4.39 Å². The number of thioether (sulfide) groups is 1. The lowest BCUT2D eigenvalue weighted by Gasteiger charge is -2.10. The molecule has 4 aromatic rings. The summed E-state index contributed by atoms with van der Waals surface area (Å²) >= 11 is 8.96. The lowest BCUT2D eigenvalue weighted by molar-refractivity contribution is -0.118. The minimum atomic E-state index is -0.429. The minimum absolute atomic E-state index is 0.0263. The second-order valence-electron chi connectivity index (χ2n) is 6.56. The number of hydrogen-bond acceptors (Lipinski definition) is 6. The van der Waals surface area contributed by atoms with Gasteiger partial charge in [0.2, 0.25) is 0 Å². The van der Waals surface area contributed by atoms with Crippen molar-refractivity contribution in [1.29, 1.82) is 0 Å². The average Bonchev–Trinajstić information content (AvgIpc) is 3.21. The van der Waals surface area contributed by atoms with E-state index in [-0.39, 0.29) is 23.8 Å². The van der Waals surface area contributed by atoms with E-state index in [4.69, 9.17) is 16.3 Å². The Morgan fingerprint density at radius 1 is 1.16 bits per heavy atom. The monoisotopic (exact) mass is 485 g/mol. The van der Waals surface area contributed by atoms with Crippen molar-refractivity contribution in [2.45, 2.75) is 10.9 Å². The molecule has 0 spiro atoms. The van der Waals surface area contributed by atoms with Gasteiger partial charge in [-0.25, -0.2) is 14.8 Å². The quantitative estimate of drug-likeness (QED) is 0.191. The summed E-state index contributed by atoms with van der Waals surface area (Å²) in [5, 5.41) is 4.31. The van der Waals surface area contributed by atoms with E-state index >= 15 is 0 Å². The van der Waals surface area contributed by atoms with Gasteiger partial charge in [-0.2, -0.15) is 5.10 Å². The lowest BCUT2D eigenvalue weighted by Crippen LogP contribution is -2.19. The van der Waals surface area contributed by atoms with Crippen molar-refractivity contribution >= 4 is 57.0 Å². The van der Waals surface area contributed by atoms with E-state index < -0.39 is 5.82 Å². The van der Waals surface area contributed by atoms with Gasteiger partial charge in [-0.15, -0.1) is 11.3 Å². The predicted molar refractivity (Wildman–Crippen MR) is 128 cm³/mol. The second-order valence-corrected chi connectivity index (χ2v) is 9.22. The average molecular weight is 486 g/mol. The number of nitrogens with one attached hydrogen (secondary N) is 1. The molecule has 0 atom stereocenters. The number of fused-ring (bicyclic) bond motifs is 1. The number of rotatable bonds is 8. The van der Waals surface area contributed by atoms with E-state index in [1.54, 1.807) is 41.7 Å². The van der Waals surface area contributed by atoms with Crippen molar-refractivity contribution in [3.05, 3.63) is 88.7 Å². The second kappa shape index (κ2) is 10.6. The summed E-state index contributed by atoms with van der Waals surface area (Å²) in [6.07, 6.45) is 1.48. The Labute approximate surface area is 197 Å². The molecule has 0 radical (unpaired) electrons. The fourth-order valence-electron chi connectivity index (χ4n) is 2.78. The highest BCUT2D eigenvalue weighted by atomic mass is 35.5. The molecule has 1 N–H and O–H groups in total. The third-order valence-corrected chi connectivity index (χ3v) is 6.88. The first-order valence-corrected chi connectivity index (χ1v) is 11.7. The van der Waals surface area contributed by atoms with Gasteiger partial charge in [-0.3, -0.25) is 4.79 Å². The van der Waals surface area contributed by atoms with E-state index in [1.165, 1.54) is 24.0 Å². The first-order valence-electron chi connectivity index (χ1n) is 9.55. The third kappa shape index (κ3) is 5.64. The van der Waals surface area contributed by atoms with E-state index in [0.717, 1.165) is 14.6 Å². The number of carbonyl (C=O) groups is 1. The molecule has 0 aliphatic carbocycles. The van der Waals surface area contributed by atoms with Crippen LogP contribution in [-0.2, 0) is 11.4 Å². The number of benzene rings is 3. The zero-order chi connectivity index (χ0) is 22.3. The summed E-state index contributed by atoms with van der Waals surface area (Å²) in [5.41, 5.74) is 4.34. The Morgan fingerprint density at radius 3 is 2.81 bits per heavy atom. The number of para-hydroxylation sites is 2. The number of ether oxygens (including phenoxy) is 1. The first-order chi connectivity index (χ1) is 15.6. The highest BCUT2D eigenvalue weighted by Crippen LogP contribution is 2.29. The van der Waals surface area contributed by atoms with E-state index in [0.29, 0.717) is 16.3 Å². The number of hydrogen-bond donors (Lipinski definition) is 1. The summed E-state index contributed by atoms with van der Waals surface area (Å²) in [6, 6.07) is 19.5. The fourth-order valence-corrected chi connectivity index (χ4v) is 4.86. The molecule has 0 saturated carbocycles. The van der Waals surface area contributed by atoms with E-state index in [9.17, 15) is 9.18 Å². The van der Waals surface area contributed by atoms with Gasteiger partial charge < -0.3 is 4.74 Å². The van der Waals surface area contributed by atoms with E-state index in [1.807, 2.05) is 30.3 Å². The molecule has 0 saturated heterocycles. The van der Waals surface area contributed by atoms with Gasteiger partial charge in [-0.05, 0) is 36.4 Å². The molecule has 0 aliphatic heterocycles. The van der Waals surface area contributed by atoms with Gasteiger partial charge in [0.15, 0.2) is 4.34 Å². The zero-order valence-electron chi connectivity index (χ0n) is 16.6. The van der Waals surface area contributed by atoms with Crippen LogP contribution in [0.15, 0.2) is 76.2 Å². The molecule has 32 heavy (non-hydrogen) atoms. The molecule has 0 fully saturated rings. The summed E-state index contributed by atoms with van der Waals surface area (Å²) in [4.78, 5) is 16.6. The maximum Gasteiger partial charge on any atom is 0.250 e. The minimum Gasteiger partial charge on any atom is -0.488 e. The Bertz CT molecular complexity index is 1230. The number of halogens is 2. The van der Waals surface area contributed by atoms with E-state index in [2.05, 4.69) is 15.5 Å². The number of nitrogens with zero attached hydrogens (tertiary/aromatic N) is 2. The standard InChI is InChI=1S/C23H17ClFN3O2S2/c24-17-7-5-8-18(25)16(17)13-30-20-10-3-1-6-15(20)12-26-28-22(29)14-31-23-27-19-9-2-4-11-21(19)32-23/h1-12H,13-14H2,(H,28,29)/b26-12+. The Kier molecular flexibility index (Phi) is 7.36. The number of carbonyl (C=O) groups excluding carboxylic acids is 1. The van der Waals surface area contributed by atoms with Crippen LogP contribution < -0.4 is 10.2 Å².